The molecule has 3 aromatic rings. The second-order valence-electron chi connectivity index (χ2n) is 5.61. The van der Waals surface area contributed by atoms with Crippen molar-refractivity contribution in [3.8, 4) is 0 Å². The maximum atomic E-state index is 2.44. The second-order valence-corrected chi connectivity index (χ2v) is 12.0. The first-order valence-electron chi connectivity index (χ1n) is 7.68. The van der Waals surface area contributed by atoms with E-state index >= 15 is 0 Å². The van der Waals surface area contributed by atoms with Crippen LogP contribution in [0.25, 0.3) is 6.08 Å². The molecule has 0 heterocycles. The van der Waals surface area contributed by atoms with Crippen molar-refractivity contribution in [2.45, 2.75) is 3.63 Å². The Kier molecular flexibility index (Phi) is 7.05. The molecular formula is C21H17Cl2Zr. The summed E-state index contributed by atoms with van der Waals surface area (Å²) in [5, 5.41) is 0. The zero-order chi connectivity index (χ0) is 14.8. The number of fused-ring (bicyclic) bond motifs is 1. The molecule has 119 valence electrons. The van der Waals surface area contributed by atoms with E-state index in [0.29, 0.717) is 3.63 Å². The van der Waals surface area contributed by atoms with E-state index < -0.39 is 21.8 Å². The van der Waals surface area contributed by atoms with Gasteiger partial charge >= 0.3 is 140 Å². The Morgan fingerprint density at radius 3 is 1.67 bits per heavy atom. The van der Waals surface area contributed by atoms with Crippen molar-refractivity contribution in [2.24, 2.45) is 0 Å². The summed E-state index contributed by atoms with van der Waals surface area (Å²) < 4.78 is 3.74. The fraction of sp³-hybridized carbons (Fsp3) is 0.0476. The fourth-order valence-electron chi connectivity index (χ4n) is 3.26. The zero-order valence-electron chi connectivity index (χ0n) is 13.1. The summed E-state index contributed by atoms with van der Waals surface area (Å²) in [4.78, 5) is 0. The fourth-order valence-corrected chi connectivity index (χ4v) is 10.7. The molecule has 4 rings (SSSR count). The summed E-state index contributed by atoms with van der Waals surface area (Å²) in [5.41, 5.74) is 2.92. The third-order valence-electron chi connectivity index (χ3n) is 4.28. The molecule has 0 radical (unpaired) electrons. The molecule has 0 nitrogen and oxygen atoms in total. The van der Waals surface area contributed by atoms with E-state index in [9.17, 15) is 0 Å². The van der Waals surface area contributed by atoms with Crippen LogP contribution in [0, 0.1) is 0 Å². The molecular weight excluding hydrogens is 414 g/mol. The van der Waals surface area contributed by atoms with Crippen LogP contribution in [0.2, 0.25) is 0 Å². The molecule has 0 N–H and O–H groups in total. The molecule has 24 heavy (non-hydrogen) atoms. The minimum absolute atomic E-state index is 0. The van der Waals surface area contributed by atoms with Crippen molar-refractivity contribution in [1.29, 1.82) is 0 Å². The maximum absolute atomic E-state index is 2.44. The van der Waals surface area contributed by atoms with Crippen molar-refractivity contribution in [2.75, 3.05) is 0 Å². The molecule has 1 atom stereocenters. The Morgan fingerprint density at radius 2 is 1.08 bits per heavy atom. The maximum Gasteiger partial charge on any atom is -1.00 e. The van der Waals surface area contributed by atoms with Gasteiger partial charge < -0.3 is 24.8 Å². The zero-order valence-corrected chi connectivity index (χ0v) is 17.0. The summed E-state index contributed by atoms with van der Waals surface area (Å²) >= 11 is -2.03. The third kappa shape index (κ3) is 3.75. The molecule has 0 bridgehead atoms. The second kappa shape index (κ2) is 8.81. The van der Waals surface area contributed by atoms with Gasteiger partial charge in [0.15, 0.2) is 0 Å². The van der Waals surface area contributed by atoms with Crippen LogP contribution in [-0.2, 0) is 21.8 Å². The summed E-state index contributed by atoms with van der Waals surface area (Å²) in [5.74, 6) is 0. The first kappa shape index (κ1) is 19.2. The Morgan fingerprint density at radius 1 is 0.583 bits per heavy atom. The summed E-state index contributed by atoms with van der Waals surface area (Å²) in [6, 6.07) is 31.2. The van der Waals surface area contributed by atoms with Gasteiger partial charge in [-0.25, -0.2) is 0 Å². The normalized spacial score (nSPS) is 14.2. The summed E-state index contributed by atoms with van der Waals surface area (Å²) in [7, 11) is 0. The predicted molar refractivity (Wildman–Crippen MR) is 90.4 cm³/mol. The topological polar surface area (TPSA) is 0 Å². The number of hydrogen-bond acceptors (Lipinski definition) is 0. The van der Waals surface area contributed by atoms with Crippen LogP contribution in [0.5, 0.6) is 0 Å². The van der Waals surface area contributed by atoms with Gasteiger partial charge in [-0.2, -0.15) is 0 Å². The third-order valence-corrected chi connectivity index (χ3v) is 11.7. The molecule has 0 amide bonds. The van der Waals surface area contributed by atoms with Gasteiger partial charge in [-0.05, 0) is 0 Å². The molecule has 1 unspecified atom stereocenters. The van der Waals surface area contributed by atoms with Gasteiger partial charge in [0.2, 0.25) is 0 Å². The van der Waals surface area contributed by atoms with Crippen molar-refractivity contribution in [1.82, 2.24) is 0 Å². The molecule has 0 spiro atoms. The first-order chi connectivity index (χ1) is 10.9. The molecule has 0 saturated heterocycles. The predicted octanol–water partition coefficient (Wildman–Crippen LogP) is -1.97. The molecule has 1 aliphatic carbocycles. The van der Waals surface area contributed by atoms with Gasteiger partial charge in [-0.1, -0.05) is 0 Å². The van der Waals surface area contributed by atoms with Crippen LogP contribution in [0.15, 0.2) is 91.0 Å². The SMILES string of the molecule is C1=C[CH]([Zr+2]([c]2ccccc2)[c]2ccccc2)c2ccccc21.[Cl-].[Cl-]. The van der Waals surface area contributed by atoms with Crippen molar-refractivity contribution < 1.29 is 46.6 Å². The van der Waals surface area contributed by atoms with Gasteiger partial charge in [-0.3, -0.25) is 0 Å². The molecule has 0 fully saturated rings. The Hall–Kier alpha value is -1.14. The smallest absolute Gasteiger partial charge is 1.00 e. The van der Waals surface area contributed by atoms with E-state index in [1.165, 1.54) is 11.1 Å². The summed E-state index contributed by atoms with van der Waals surface area (Å²) in [6.07, 6.45) is 4.76. The number of rotatable bonds is 3. The van der Waals surface area contributed by atoms with Crippen LogP contribution < -0.4 is 31.4 Å². The van der Waals surface area contributed by atoms with Crippen molar-refractivity contribution >= 4 is 12.6 Å². The number of benzene rings is 3. The number of hydrogen-bond donors (Lipinski definition) is 0. The van der Waals surface area contributed by atoms with E-state index in [1.54, 1.807) is 6.54 Å². The van der Waals surface area contributed by atoms with Crippen molar-refractivity contribution in [3.05, 3.63) is 102 Å². The average Bonchev–Trinajstić information content (AvgIpc) is 3.01. The Labute approximate surface area is 164 Å². The van der Waals surface area contributed by atoms with Gasteiger partial charge in [0.1, 0.15) is 0 Å². The molecule has 0 aliphatic heterocycles. The molecule has 0 aromatic heterocycles. The van der Waals surface area contributed by atoms with E-state index in [0.717, 1.165) is 0 Å². The quantitative estimate of drug-likeness (QED) is 0.452. The standard InChI is InChI=1S/C9H7.2C6H5.2ClH.Zr/c1-2-5-9-7-3-6-8(9)4-1;2*1-2-4-6-5-3-1;;;/h1-7H;2*1-5H;2*1H;/q;;;;;+2/p-2. The Bertz CT molecular complexity index is 761. The molecule has 3 aromatic carbocycles. The molecule has 3 heteroatoms. The first-order valence-corrected chi connectivity index (χ1v) is 11.6. The average molecular weight is 431 g/mol. The van der Waals surface area contributed by atoms with Crippen LogP contribution in [-0.4, -0.2) is 0 Å². The number of halogens is 2. The minimum Gasteiger partial charge on any atom is -1.00 e. The van der Waals surface area contributed by atoms with Crippen LogP contribution in [0.1, 0.15) is 14.8 Å². The Balaban J connectivity index is 0.00000104. The van der Waals surface area contributed by atoms with Gasteiger partial charge in [0.25, 0.3) is 0 Å². The summed E-state index contributed by atoms with van der Waals surface area (Å²) in [6.45, 7) is 0. The minimum atomic E-state index is -2.03. The van der Waals surface area contributed by atoms with Gasteiger partial charge in [0.05, 0.1) is 0 Å². The van der Waals surface area contributed by atoms with E-state index in [-0.39, 0.29) is 24.8 Å². The van der Waals surface area contributed by atoms with E-state index in [2.05, 4.69) is 97.1 Å². The van der Waals surface area contributed by atoms with Crippen LogP contribution in [0.4, 0.5) is 0 Å². The monoisotopic (exact) mass is 429 g/mol. The van der Waals surface area contributed by atoms with E-state index in [1.807, 2.05) is 0 Å². The van der Waals surface area contributed by atoms with Gasteiger partial charge in [0, 0.05) is 0 Å². The molecule has 1 aliphatic rings. The number of allylic oxidation sites excluding steroid dienone is 1. The van der Waals surface area contributed by atoms with E-state index in [4.69, 9.17) is 0 Å². The van der Waals surface area contributed by atoms with Gasteiger partial charge in [-0.15, -0.1) is 0 Å². The molecule has 0 saturated carbocycles. The van der Waals surface area contributed by atoms with Crippen LogP contribution >= 0.6 is 0 Å². The van der Waals surface area contributed by atoms with Crippen molar-refractivity contribution in [3.63, 3.8) is 0 Å². The van der Waals surface area contributed by atoms with Crippen LogP contribution in [0.3, 0.4) is 0 Å². The largest absolute Gasteiger partial charge is 1.00 e.